The number of carbonyl (C=O) groups excluding carboxylic acids is 3. The van der Waals surface area contributed by atoms with Crippen molar-refractivity contribution in [2.75, 3.05) is 13.2 Å². The predicted octanol–water partition coefficient (Wildman–Crippen LogP) is 16.8. The number of hydrogen-bond acceptors (Lipinski definition) is 6. The van der Waals surface area contributed by atoms with Gasteiger partial charge in [0.1, 0.15) is 13.2 Å². The maximum Gasteiger partial charge on any atom is 0.306 e. The second-order valence-electron chi connectivity index (χ2n) is 19.1. The Balaban J connectivity index is 4.35. The summed E-state index contributed by atoms with van der Waals surface area (Å²) in [4.78, 5) is 38.0. The van der Waals surface area contributed by atoms with Crippen LogP contribution in [0.4, 0.5) is 0 Å². The lowest BCUT2D eigenvalue weighted by molar-refractivity contribution is -0.167. The van der Waals surface area contributed by atoms with E-state index in [1.54, 1.807) is 0 Å². The van der Waals surface area contributed by atoms with E-state index in [1.807, 2.05) is 0 Å². The van der Waals surface area contributed by atoms with Gasteiger partial charge in [-0.1, -0.05) is 247 Å². The zero-order valence-electron chi connectivity index (χ0n) is 40.5. The van der Waals surface area contributed by atoms with Crippen molar-refractivity contribution in [2.45, 2.75) is 292 Å². The SMILES string of the molecule is CCC(C)CCCCCCCCCCCCC(=O)OC[C@H](COC(=O)CCCCCCCCCCCCC(C)C)OC(=O)CCCCCCCCCCCCC(C)CC. The molecule has 0 fully saturated rings. The fourth-order valence-electron chi connectivity index (χ4n) is 7.87. The van der Waals surface area contributed by atoms with Gasteiger partial charge in [-0.15, -0.1) is 0 Å². The van der Waals surface area contributed by atoms with Gasteiger partial charge in [-0.05, 0) is 37.0 Å². The molecule has 59 heavy (non-hydrogen) atoms. The minimum atomic E-state index is -0.763. The summed E-state index contributed by atoms with van der Waals surface area (Å²) in [5, 5.41) is 0. The van der Waals surface area contributed by atoms with E-state index >= 15 is 0 Å². The molecular formula is C53H102O6. The van der Waals surface area contributed by atoms with Gasteiger partial charge in [0.2, 0.25) is 0 Å². The molecule has 0 amide bonds. The molecule has 0 aliphatic carbocycles. The molecule has 0 N–H and O–H groups in total. The average Bonchev–Trinajstić information content (AvgIpc) is 3.22. The topological polar surface area (TPSA) is 78.9 Å². The van der Waals surface area contributed by atoms with E-state index in [2.05, 4.69) is 41.5 Å². The fraction of sp³-hybridized carbons (Fsp3) is 0.943. The summed E-state index contributed by atoms with van der Waals surface area (Å²) in [5.41, 5.74) is 0. The van der Waals surface area contributed by atoms with Crippen LogP contribution in [0.3, 0.4) is 0 Å². The van der Waals surface area contributed by atoms with E-state index < -0.39 is 6.10 Å². The number of ether oxygens (including phenoxy) is 3. The largest absolute Gasteiger partial charge is 0.462 e. The number of unbranched alkanes of at least 4 members (excludes halogenated alkanes) is 27. The highest BCUT2D eigenvalue weighted by Gasteiger charge is 2.19. The van der Waals surface area contributed by atoms with Gasteiger partial charge in [0.15, 0.2) is 6.10 Å². The number of esters is 3. The second kappa shape index (κ2) is 44.5. The van der Waals surface area contributed by atoms with Crippen LogP contribution in [0.25, 0.3) is 0 Å². The standard InChI is InChI=1S/C53H102O6/c1-7-48(5)40-34-28-22-16-10-13-19-25-31-37-43-52(55)58-46-50(45-57-51(54)42-36-30-24-18-12-9-15-21-27-33-39-47(3)4)59-53(56)44-38-32-26-20-14-11-17-23-29-35-41-49(6)8-2/h47-50H,7-46H2,1-6H3/t48?,49?,50-/m0/s1. The van der Waals surface area contributed by atoms with Crippen molar-refractivity contribution < 1.29 is 28.6 Å². The first-order valence-corrected chi connectivity index (χ1v) is 26.2. The van der Waals surface area contributed by atoms with Gasteiger partial charge in [-0.2, -0.15) is 0 Å². The maximum atomic E-state index is 12.8. The Morgan fingerprint density at radius 2 is 0.593 bits per heavy atom. The van der Waals surface area contributed by atoms with Crippen molar-refractivity contribution in [2.24, 2.45) is 17.8 Å². The van der Waals surface area contributed by atoms with Gasteiger partial charge in [0, 0.05) is 19.3 Å². The molecule has 0 rings (SSSR count). The monoisotopic (exact) mass is 835 g/mol. The molecule has 6 nitrogen and oxygen atoms in total. The summed E-state index contributed by atoms with van der Waals surface area (Å²) in [6, 6.07) is 0. The Bertz CT molecular complexity index is 918. The van der Waals surface area contributed by atoms with Gasteiger partial charge in [0.25, 0.3) is 0 Å². The maximum absolute atomic E-state index is 12.8. The molecule has 0 aliphatic heterocycles. The quantitative estimate of drug-likeness (QED) is 0.0345. The smallest absolute Gasteiger partial charge is 0.306 e. The zero-order valence-corrected chi connectivity index (χ0v) is 40.5. The molecule has 350 valence electrons. The first kappa shape index (κ1) is 57.4. The average molecular weight is 835 g/mol. The molecule has 6 heteroatoms. The molecule has 0 aromatic rings. The van der Waals surface area contributed by atoms with Crippen LogP contribution in [0.5, 0.6) is 0 Å². The highest BCUT2D eigenvalue weighted by Crippen LogP contribution is 2.18. The molecule has 2 unspecified atom stereocenters. The summed E-state index contributed by atoms with van der Waals surface area (Å²) < 4.78 is 16.8. The van der Waals surface area contributed by atoms with Gasteiger partial charge >= 0.3 is 17.9 Å². The lowest BCUT2D eigenvalue weighted by atomic mass is 9.99. The normalized spacial score (nSPS) is 13.1. The molecule has 0 aromatic carbocycles. The minimum absolute atomic E-state index is 0.0649. The zero-order chi connectivity index (χ0) is 43.4. The van der Waals surface area contributed by atoms with Crippen molar-refractivity contribution in [1.82, 2.24) is 0 Å². The van der Waals surface area contributed by atoms with Crippen LogP contribution in [0.1, 0.15) is 286 Å². The van der Waals surface area contributed by atoms with Gasteiger partial charge in [0.05, 0.1) is 0 Å². The van der Waals surface area contributed by atoms with Crippen LogP contribution in [-0.4, -0.2) is 37.2 Å². The molecule has 0 heterocycles. The van der Waals surface area contributed by atoms with E-state index in [4.69, 9.17) is 14.2 Å². The Hall–Kier alpha value is -1.59. The Kier molecular flexibility index (Phi) is 43.3. The molecule has 0 aromatic heterocycles. The van der Waals surface area contributed by atoms with E-state index in [0.29, 0.717) is 19.3 Å². The lowest BCUT2D eigenvalue weighted by Gasteiger charge is -2.18. The van der Waals surface area contributed by atoms with E-state index in [0.717, 1.165) is 75.5 Å². The highest BCUT2D eigenvalue weighted by molar-refractivity contribution is 5.71. The van der Waals surface area contributed by atoms with Crippen molar-refractivity contribution in [3.63, 3.8) is 0 Å². The molecule has 0 aliphatic rings. The summed E-state index contributed by atoms with van der Waals surface area (Å²) >= 11 is 0. The molecule has 0 spiro atoms. The Labute approximate surface area is 368 Å². The highest BCUT2D eigenvalue weighted by atomic mass is 16.6. The fourth-order valence-corrected chi connectivity index (χ4v) is 7.87. The molecule has 0 saturated heterocycles. The third-order valence-electron chi connectivity index (χ3n) is 12.6. The second-order valence-corrected chi connectivity index (χ2v) is 19.1. The number of carbonyl (C=O) groups is 3. The van der Waals surface area contributed by atoms with E-state index in [-0.39, 0.29) is 31.1 Å². The first-order chi connectivity index (χ1) is 28.7. The van der Waals surface area contributed by atoms with E-state index in [1.165, 1.54) is 167 Å². The summed E-state index contributed by atoms with van der Waals surface area (Å²) in [7, 11) is 0. The molecule has 0 bridgehead atoms. The Morgan fingerprint density at radius 3 is 0.881 bits per heavy atom. The third-order valence-corrected chi connectivity index (χ3v) is 12.6. The van der Waals surface area contributed by atoms with Crippen LogP contribution in [0, 0.1) is 17.8 Å². The van der Waals surface area contributed by atoms with Gasteiger partial charge in [-0.25, -0.2) is 0 Å². The van der Waals surface area contributed by atoms with Crippen molar-refractivity contribution in [1.29, 1.82) is 0 Å². The van der Waals surface area contributed by atoms with Crippen molar-refractivity contribution >= 4 is 17.9 Å². The van der Waals surface area contributed by atoms with E-state index in [9.17, 15) is 14.4 Å². The van der Waals surface area contributed by atoms with Crippen molar-refractivity contribution in [3.05, 3.63) is 0 Å². The predicted molar refractivity (Wildman–Crippen MR) is 252 cm³/mol. The summed E-state index contributed by atoms with van der Waals surface area (Å²) in [6.45, 7) is 13.8. The van der Waals surface area contributed by atoms with Crippen LogP contribution in [0.2, 0.25) is 0 Å². The van der Waals surface area contributed by atoms with Crippen LogP contribution in [0.15, 0.2) is 0 Å². The molecular weight excluding hydrogens is 733 g/mol. The number of hydrogen-bond donors (Lipinski definition) is 0. The van der Waals surface area contributed by atoms with Crippen molar-refractivity contribution in [3.8, 4) is 0 Å². The minimum Gasteiger partial charge on any atom is -0.462 e. The summed E-state index contributed by atoms with van der Waals surface area (Å²) in [5.74, 6) is 1.70. The van der Waals surface area contributed by atoms with Crippen LogP contribution in [-0.2, 0) is 28.6 Å². The lowest BCUT2D eigenvalue weighted by Crippen LogP contribution is -2.30. The summed E-state index contributed by atoms with van der Waals surface area (Å²) in [6.07, 6.45) is 43.6. The molecule has 3 atom stereocenters. The molecule has 0 saturated carbocycles. The van der Waals surface area contributed by atoms with Crippen LogP contribution < -0.4 is 0 Å². The van der Waals surface area contributed by atoms with Gasteiger partial charge in [-0.3, -0.25) is 14.4 Å². The Morgan fingerprint density at radius 1 is 0.339 bits per heavy atom. The van der Waals surface area contributed by atoms with Crippen LogP contribution >= 0.6 is 0 Å². The number of rotatable bonds is 46. The van der Waals surface area contributed by atoms with Gasteiger partial charge < -0.3 is 14.2 Å². The third kappa shape index (κ3) is 44.3. The molecule has 0 radical (unpaired) electrons. The first-order valence-electron chi connectivity index (χ1n) is 26.2.